The highest BCUT2D eigenvalue weighted by atomic mass is 79.9. The minimum atomic E-state index is 0.559. The quantitative estimate of drug-likeness (QED) is 0.764. The maximum atomic E-state index is 5.63. The Bertz CT molecular complexity index is 401. The number of hydrogen-bond donors (Lipinski definition) is 1. The van der Waals surface area contributed by atoms with Crippen LogP contribution in [-0.4, -0.2) is 13.2 Å². The first-order chi connectivity index (χ1) is 8.49. The number of hydrogen-bond acceptors (Lipinski definition) is 2. The highest BCUT2D eigenvalue weighted by Crippen LogP contribution is 2.26. The minimum absolute atomic E-state index is 0.559. The van der Waals surface area contributed by atoms with Crippen molar-refractivity contribution in [1.29, 1.82) is 0 Å². The van der Waals surface area contributed by atoms with Gasteiger partial charge in [0.1, 0.15) is 12.4 Å². The molecule has 0 aliphatic heterocycles. The van der Waals surface area contributed by atoms with E-state index < -0.39 is 0 Å². The molecule has 0 atom stereocenters. The first kappa shape index (κ1) is 15.3. The summed E-state index contributed by atoms with van der Waals surface area (Å²) in [6, 6.07) is 6.19. The Morgan fingerprint density at radius 2 is 2.17 bits per heavy atom. The zero-order valence-electron chi connectivity index (χ0n) is 11.4. The van der Waals surface area contributed by atoms with E-state index in [0.29, 0.717) is 12.5 Å². The third-order valence-corrected chi connectivity index (χ3v) is 2.97. The topological polar surface area (TPSA) is 21.3 Å². The molecule has 0 spiro atoms. The van der Waals surface area contributed by atoms with Gasteiger partial charge in [0, 0.05) is 6.54 Å². The summed E-state index contributed by atoms with van der Waals surface area (Å²) >= 11 is 3.54. The lowest BCUT2D eigenvalue weighted by Crippen LogP contribution is -2.18. The molecule has 2 nitrogen and oxygen atoms in total. The van der Waals surface area contributed by atoms with E-state index in [1.165, 1.54) is 5.56 Å². The molecular weight excluding hydrogens is 290 g/mol. The Labute approximate surface area is 119 Å². The third kappa shape index (κ3) is 5.69. The highest BCUT2D eigenvalue weighted by molar-refractivity contribution is 9.10. The molecule has 18 heavy (non-hydrogen) atoms. The van der Waals surface area contributed by atoms with Gasteiger partial charge in [-0.2, -0.15) is 0 Å². The monoisotopic (exact) mass is 311 g/mol. The van der Waals surface area contributed by atoms with E-state index >= 15 is 0 Å². The fourth-order valence-corrected chi connectivity index (χ4v) is 2.02. The van der Waals surface area contributed by atoms with Crippen LogP contribution in [0.5, 0.6) is 5.75 Å². The standard InChI is InChI=1S/C15H22BrNO/c1-11(2)8-17-9-13-5-6-15(14(16)7-13)18-10-12(3)4/h5-7,11,17H,3,8-10H2,1-2,4H3. The highest BCUT2D eigenvalue weighted by Gasteiger charge is 2.03. The molecular formula is C15H22BrNO. The van der Waals surface area contributed by atoms with Crippen LogP contribution in [0, 0.1) is 5.92 Å². The van der Waals surface area contributed by atoms with Crippen LogP contribution in [-0.2, 0) is 6.54 Å². The van der Waals surface area contributed by atoms with E-state index in [0.717, 1.165) is 28.9 Å². The fraction of sp³-hybridized carbons (Fsp3) is 0.467. The van der Waals surface area contributed by atoms with Gasteiger partial charge in [-0.1, -0.05) is 26.5 Å². The van der Waals surface area contributed by atoms with E-state index in [-0.39, 0.29) is 0 Å². The van der Waals surface area contributed by atoms with Gasteiger partial charge in [0.25, 0.3) is 0 Å². The predicted octanol–water partition coefficient (Wildman–Crippen LogP) is 4.15. The summed E-state index contributed by atoms with van der Waals surface area (Å²) < 4.78 is 6.62. The lowest BCUT2D eigenvalue weighted by molar-refractivity contribution is 0.350. The van der Waals surface area contributed by atoms with Crippen LogP contribution >= 0.6 is 15.9 Å². The smallest absolute Gasteiger partial charge is 0.133 e. The Morgan fingerprint density at radius 3 is 2.72 bits per heavy atom. The summed E-state index contributed by atoms with van der Waals surface area (Å²) in [6.07, 6.45) is 0. The van der Waals surface area contributed by atoms with Gasteiger partial charge in [0.15, 0.2) is 0 Å². The summed E-state index contributed by atoms with van der Waals surface area (Å²) in [5.41, 5.74) is 2.27. The lowest BCUT2D eigenvalue weighted by Gasteiger charge is -2.11. The van der Waals surface area contributed by atoms with E-state index in [2.05, 4.69) is 53.8 Å². The molecule has 1 rings (SSSR count). The van der Waals surface area contributed by atoms with Crippen LogP contribution < -0.4 is 10.1 Å². The molecule has 0 heterocycles. The van der Waals surface area contributed by atoms with E-state index in [4.69, 9.17) is 4.74 Å². The molecule has 0 fully saturated rings. The SMILES string of the molecule is C=C(C)COc1ccc(CNCC(C)C)cc1Br. The zero-order valence-corrected chi connectivity index (χ0v) is 13.0. The fourth-order valence-electron chi connectivity index (χ4n) is 1.48. The van der Waals surface area contributed by atoms with Crippen molar-refractivity contribution in [2.75, 3.05) is 13.2 Å². The van der Waals surface area contributed by atoms with Crippen molar-refractivity contribution in [2.24, 2.45) is 5.92 Å². The zero-order chi connectivity index (χ0) is 13.5. The predicted molar refractivity (Wildman–Crippen MR) is 81.0 cm³/mol. The molecule has 1 aromatic rings. The average molecular weight is 312 g/mol. The second kappa shape index (κ2) is 7.59. The summed E-state index contributed by atoms with van der Waals surface area (Å²) in [7, 11) is 0. The van der Waals surface area contributed by atoms with Gasteiger partial charge < -0.3 is 10.1 Å². The molecule has 0 amide bonds. The molecule has 0 saturated carbocycles. The Hall–Kier alpha value is -0.800. The van der Waals surface area contributed by atoms with Crippen LogP contribution in [0.15, 0.2) is 34.8 Å². The molecule has 0 bridgehead atoms. The number of ether oxygens (including phenoxy) is 1. The van der Waals surface area contributed by atoms with Gasteiger partial charge in [0.05, 0.1) is 4.47 Å². The largest absolute Gasteiger partial charge is 0.488 e. The summed E-state index contributed by atoms with van der Waals surface area (Å²) in [6.45, 7) is 12.7. The van der Waals surface area contributed by atoms with Crippen molar-refractivity contribution >= 4 is 15.9 Å². The van der Waals surface area contributed by atoms with Crippen LogP contribution in [0.1, 0.15) is 26.3 Å². The van der Waals surface area contributed by atoms with Crippen molar-refractivity contribution in [3.63, 3.8) is 0 Å². The average Bonchev–Trinajstić information content (AvgIpc) is 2.27. The van der Waals surface area contributed by atoms with Crippen LogP contribution in [0.25, 0.3) is 0 Å². The molecule has 1 N–H and O–H groups in total. The third-order valence-electron chi connectivity index (χ3n) is 2.35. The minimum Gasteiger partial charge on any atom is -0.488 e. The van der Waals surface area contributed by atoms with Gasteiger partial charge in [-0.25, -0.2) is 0 Å². The Kier molecular flexibility index (Phi) is 6.44. The van der Waals surface area contributed by atoms with E-state index in [1.807, 2.05) is 13.0 Å². The molecule has 0 saturated heterocycles. The summed E-state index contributed by atoms with van der Waals surface area (Å²) in [5, 5.41) is 3.42. The number of halogens is 1. The Morgan fingerprint density at radius 1 is 1.44 bits per heavy atom. The van der Waals surface area contributed by atoms with Gasteiger partial charge >= 0.3 is 0 Å². The maximum Gasteiger partial charge on any atom is 0.133 e. The normalized spacial score (nSPS) is 10.7. The number of benzene rings is 1. The second-order valence-electron chi connectivity index (χ2n) is 5.04. The number of nitrogens with one attached hydrogen (secondary N) is 1. The first-order valence-electron chi connectivity index (χ1n) is 6.25. The van der Waals surface area contributed by atoms with Crippen LogP contribution in [0.4, 0.5) is 0 Å². The van der Waals surface area contributed by atoms with Crippen LogP contribution in [0.2, 0.25) is 0 Å². The molecule has 0 aliphatic rings. The van der Waals surface area contributed by atoms with Crippen molar-refractivity contribution in [1.82, 2.24) is 5.32 Å². The first-order valence-corrected chi connectivity index (χ1v) is 7.04. The van der Waals surface area contributed by atoms with Crippen molar-refractivity contribution < 1.29 is 4.74 Å². The molecule has 0 aromatic heterocycles. The lowest BCUT2D eigenvalue weighted by atomic mass is 10.2. The molecule has 0 unspecified atom stereocenters. The van der Waals surface area contributed by atoms with Crippen molar-refractivity contribution in [3.05, 3.63) is 40.4 Å². The van der Waals surface area contributed by atoms with E-state index in [9.17, 15) is 0 Å². The van der Waals surface area contributed by atoms with Crippen molar-refractivity contribution in [2.45, 2.75) is 27.3 Å². The van der Waals surface area contributed by atoms with Crippen LogP contribution in [0.3, 0.4) is 0 Å². The second-order valence-corrected chi connectivity index (χ2v) is 5.89. The number of rotatable bonds is 7. The molecule has 100 valence electrons. The van der Waals surface area contributed by atoms with Gasteiger partial charge in [0.2, 0.25) is 0 Å². The van der Waals surface area contributed by atoms with E-state index in [1.54, 1.807) is 0 Å². The van der Waals surface area contributed by atoms with Gasteiger partial charge in [-0.15, -0.1) is 0 Å². The van der Waals surface area contributed by atoms with Crippen molar-refractivity contribution in [3.8, 4) is 5.75 Å². The summed E-state index contributed by atoms with van der Waals surface area (Å²) in [5.74, 6) is 1.54. The van der Waals surface area contributed by atoms with Gasteiger partial charge in [-0.3, -0.25) is 0 Å². The summed E-state index contributed by atoms with van der Waals surface area (Å²) in [4.78, 5) is 0. The maximum absolute atomic E-state index is 5.63. The molecule has 1 aromatic carbocycles. The van der Waals surface area contributed by atoms with Gasteiger partial charge in [-0.05, 0) is 58.6 Å². The molecule has 0 radical (unpaired) electrons. The molecule has 3 heteroatoms. The molecule has 0 aliphatic carbocycles. The Balaban J connectivity index is 2.53.